The van der Waals surface area contributed by atoms with E-state index in [0.29, 0.717) is 35.5 Å². The van der Waals surface area contributed by atoms with Crippen molar-refractivity contribution in [1.29, 1.82) is 0 Å². The molecule has 4 atom stereocenters. The number of nitrogens with zero attached hydrogens (tertiary/aromatic N) is 3. The fraction of sp³-hybridized carbons (Fsp3) is 0.600. The lowest BCUT2D eigenvalue weighted by atomic mass is 9.84. The molecule has 0 aliphatic carbocycles. The van der Waals surface area contributed by atoms with Crippen LogP contribution in [0.5, 0.6) is 5.75 Å². The zero-order chi connectivity index (χ0) is 24.6. The highest BCUT2D eigenvalue weighted by Gasteiger charge is 2.43. The molecule has 5 rings (SSSR count). The molecule has 35 heavy (non-hydrogen) atoms. The Morgan fingerprint density at radius 3 is 2.94 bits per heavy atom. The molecule has 0 bridgehead atoms. The number of hydrogen-bond acceptors (Lipinski definition) is 7. The lowest BCUT2D eigenvalue weighted by Gasteiger charge is -2.47. The van der Waals surface area contributed by atoms with Crippen LogP contribution in [0.1, 0.15) is 46.0 Å². The molecule has 3 N–H and O–H groups in total. The zero-order valence-electron chi connectivity index (χ0n) is 20.2. The Balaban J connectivity index is 1.25. The van der Waals surface area contributed by atoms with Gasteiger partial charge >= 0.3 is 0 Å². The van der Waals surface area contributed by atoms with E-state index >= 15 is 0 Å². The highest BCUT2D eigenvalue weighted by molar-refractivity contribution is 6.32. The van der Waals surface area contributed by atoms with Crippen LogP contribution < -0.4 is 20.7 Å². The molecule has 3 aliphatic rings. The topological polar surface area (TPSA) is 74.3 Å². The van der Waals surface area contributed by atoms with Gasteiger partial charge in [-0.1, -0.05) is 11.6 Å². The minimum absolute atomic E-state index is 0.0680. The van der Waals surface area contributed by atoms with Gasteiger partial charge in [-0.2, -0.15) is 4.98 Å². The molecule has 190 valence electrons. The molecule has 0 amide bonds. The third kappa shape index (κ3) is 5.47. The Hall–Kier alpha value is -2.23. The second-order valence-corrected chi connectivity index (χ2v) is 10.8. The molecule has 0 saturated carbocycles. The molecule has 3 fully saturated rings. The molecule has 10 heteroatoms. The number of nitrogens with one attached hydrogen (secondary N) is 3. The van der Waals surface area contributed by atoms with Crippen LogP contribution in [0.2, 0.25) is 5.02 Å². The van der Waals surface area contributed by atoms with E-state index in [1.54, 1.807) is 18.2 Å². The van der Waals surface area contributed by atoms with E-state index in [9.17, 15) is 8.78 Å². The van der Waals surface area contributed by atoms with Gasteiger partial charge in [0, 0.05) is 29.9 Å². The molecule has 1 aromatic carbocycles. The van der Waals surface area contributed by atoms with Gasteiger partial charge in [0.05, 0.1) is 11.2 Å². The standard InChI is InChI=1S/C25H33ClF2N6O/c1-25(2)12-16(10-17-4-3-9-34(17)25)31-23-20(28)14-30-24(33-23)32-15-5-6-21(18(26)11-15)35-22-7-8-29-13-19(22)27/h5-6,11,14,16-17,19,22,29H,3-4,7-10,12-13H2,1-2H3,(H2,30,31,32,33)/t16-,17+,19?,22?/m1/s1. The first-order chi connectivity index (χ1) is 16.8. The van der Waals surface area contributed by atoms with E-state index in [0.717, 1.165) is 19.4 Å². The van der Waals surface area contributed by atoms with Crippen molar-refractivity contribution in [1.82, 2.24) is 20.2 Å². The van der Waals surface area contributed by atoms with E-state index in [2.05, 4.69) is 44.7 Å². The van der Waals surface area contributed by atoms with E-state index in [1.165, 1.54) is 19.0 Å². The molecule has 3 aliphatic heterocycles. The second-order valence-electron chi connectivity index (χ2n) is 10.4. The highest BCUT2D eigenvalue weighted by Crippen LogP contribution is 2.38. The minimum Gasteiger partial charge on any atom is -0.486 e. The van der Waals surface area contributed by atoms with Gasteiger partial charge in [-0.3, -0.25) is 4.90 Å². The summed E-state index contributed by atoms with van der Waals surface area (Å²) >= 11 is 6.40. The van der Waals surface area contributed by atoms with Crippen LogP contribution in [0.4, 0.5) is 26.2 Å². The van der Waals surface area contributed by atoms with Crippen molar-refractivity contribution < 1.29 is 13.5 Å². The van der Waals surface area contributed by atoms with Gasteiger partial charge in [-0.05, 0) is 77.2 Å². The third-order valence-corrected chi connectivity index (χ3v) is 7.65. The number of benzene rings is 1. The molecule has 3 saturated heterocycles. The average molecular weight is 507 g/mol. The summed E-state index contributed by atoms with van der Waals surface area (Å²) in [6, 6.07) is 5.79. The Morgan fingerprint density at radius 1 is 1.29 bits per heavy atom. The second kappa shape index (κ2) is 10.0. The van der Waals surface area contributed by atoms with Crippen molar-refractivity contribution >= 4 is 29.1 Å². The summed E-state index contributed by atoms with van der Waals surface area (Å²) in [5, 5.41) is 9.77. The number of anilines is 3. The fourth-order valence-corrected chi connectivity index (χ4v) is 5.96. The molecule has 2 unspecified atom stereocenters. The Bertz CT molecular complexity index is 1060. The third-order valence-electron chi connectivity index (χ3n) is 7.36. The Labute approximate surface area is 210 Å². The van der Waals surface area contributed by atoms with Crippen molar-refractivity contribution in [2.75, 3.05) is 30.3 Å². The number of hydrogen-bond donors (Lipinski definition) is 3. The number of halogens is 3. The van der Waals surface area contributed by atoms with Crippen molar-refractivity contribution in [3.05, 3.63) is 35.2 Å². The van der Waals surface area contributed by atoms with Crippen molar-refractivity contribution in [2.24, 2.45) is 0 Å². The maximum atomic E-state index is 14.6. The fourth-order valence-electron chi connectivity index (χ4n) is 5.74. The molecule has 1 aromatic heterocycles. The number of alkyl halides is 1. The molecule has 0 radical (unpaired) electrons. The predicted octanol–water partition coefficient (Wildman–Crippen LogP) is 4.91. The number of fused-ring (bicyclic) bond motifs is 1. The smallest absolute Gasteiger partial charge is 0.229 e. The monoisotopic (exact) mass is 506 g/mol. The van der Waals surface area contributed by atoms with Crippen LogP contribution in [0.3, 0.4) is 0 Å². The van der Waals surface area contributed by atoms with Crippen molar-refractivity contribution in [3.63, 3.8) is 0 Å². The van der Waals surface area contributed by atoms with Crippen molar-refractivity contribution in [2.45, 2.75) is 75.8 Å². The van der Waals surface area contributed by atoms with Crippen molar-refractivity contribution in [3.8, 4) is 5.75 Å². The Kier molecular flexibility index (Phi) is 7.01. The van der Waals surface area contributed by atoms with E-state index < -0.39 is 18.1 Å². The van der Waals surface area contributed by atoms with Gasteiger partial charge in [0.2, 0.25) is 5.95 Å². The van der Waals surface area contributed by atoms with E-state index in [1.807, 2.05) is 0 Å². The molecular formula is C25H33ClF2N6O. The maximum absolute atomic E-state index is 14.6. The van der Waals surface area contributed by atoms with Gasteiger partial charge in [-0.15, -0.1) is 0 Å². The summed E-state index contributed by atoms with van der Waals surface area (Å²) in [5.41, 5.74) is 0.695. The SMILES string of the molecule is CC1(C)C[C@H](Nc2nc(Nc3ccc(OC4CCNCC4F)c(Cl)c3)ncc2F)C[C@@H]2CCCN21. The summed E-state index contributed by atoms with van der Waals surface area (Å²) in [6.45, 7) is 6.64. The first-order valence-corrected chi connectivity index (χ1v) is 12.8. The van der Waals surface area contributed by atoms with Crippen LogP contribution >= 0.6 is 11.6 Å². The van der Waals surface area contributed by atoms with Crippen LogP contribution in [0.25, 0.3) is 0 Å². The first kappa shape index (κ1) is 24.5. The van der Waals surface area contributed by atoms with Gasteiger partial charge in [0.15, 0.2) is 11.6 Å². The van der Waals surface area contributed by atoms with Crippen LogP contribution in [0, 0.1) is 5.82 Å². The zero-order valence-corrected chi connectivity index (χ0v) is 20.9. The molecule has 7 nitrogen and oxygen atoms in total. The Morgan fingerprint density at radius 2 is 2.14 bits per heavy atom. The number of rotatable bonds is 6. The van der Waals surface area contributed by atoms with Crippen LogP contribution in [-0.2, 0) is 0 Å². The quantitative estimate of drug-likeness (QED) is 0.514. The predicted molar refractivity (Wildman–Crippen MR) is 134 cm³/mol. The van der Waals surface area contributed by atoms with Gasteiger partial charge in [0.25, 0.3) is 0 Å². The van der Waals surface area contributed by atoms with Gasteiger partial charge < -0.3 is 20.7 Å². The van der Waals surface area contributed by atoms with Crippen LogP contribution in [-0.4, -0.2) is 64.4 Å². The summed E-state index contributed by atoms with van der Waals surface area (Å²) in [7, 11) is 0. The number of ether oxygens (including phenoxy) is 1. The summed E-state index contributed by atoms with van der Waals surface area (Å²) in [4.78, 5) is 11.1. The first-order valence-electron chi connectivity index (χ1n) is 12.4. The summed E-state index contributed by atoms with van der Waals surface area (Å²) in [5.74, 6) is 0.404. The molecular weight excluding hydrogens is 474 g/mol. The average Bonchev–Trinajstić information content (AvgIpc) is 3.29. The molecule has 4 heterocycles. The summed E-state index contributed by atoms with van der Waals surface area (Å²) < 4.78 is 34.5. The number of aromatic nitrogens is 2. The van der Waals surface area contributed by atoms with E-state index in [4.69, 9.17) is 16.3 Å². The van der Waals surface area contributed by atoms with Gasteiger partial charge in [-0.25, -0.2) is 13.8 Å². The summed E-state index contributed by atoms with van der Waals surface area (Å²) in [6.07, 6.45) is 4.44. The molecule has 2 aromatic rings. The molecule has 0 spiro atoms. The lowest BCUT2D eigenvalue weighted by molar-refractivity contribution is 0.0500. The van der Waals surface area contributed by atoms with E-state index in [-0.39, 0.29) is 29.9 Å². The number of piperidine rings is 2. The largest absolute Gasteiger partial charge is 0.486 e. The normalized spacial score (nSPS) is 28.4. The van der Waals surface area contributed by atoms with Crippen LogP contribution in [0.15, 0.2) is 24.4 Å². The maximum Gasteiger partial charge on any atom is 0.229 e. The highest BCUT2D eigenvalue weighted by atomic mass is 35.5. The lowest BCUT2D eigenvalue weighted by Crippen LogP contribution is -2.55. The minimum atomic E-state index is -1.08. The van der Waals surface area contributed by atoms with Gasteiger partial charge in [0.1, 0.15) is 18.0 Å².